The van der Waals surface area contributed by atoms with Crippen LogP contribution < -0.4 is 19.6 Å². The van der Waals surface area contributed by atoms with Gasteiger partial charge in [0.05, 0.1) is 27.4 Å². The number of hydrogen-bond donors (Lipinski definition) is 1. The molecule has 0 radical (unpaired) electrons. The van der Waals surface area contributed by atoms with Gasteiger partial charge in [0.2, 0.25) is 0 Å². The predicted octanol–water partition coefficient (Wildman–Crippen LogP) is 3.17. The molecule has 182 valence electrons. The predicted molar refractivity (Wildman–Crippen MR) is 129 cm³/mol. The van der Waals surface area contributed by atoms with Gasteiger partial charge in [-0.2, -0.15) is 0 Å². The molecular weight excluding hydrogens is 438 g/mol. The van der Waals surface area contributed by atoms with Crippen LogP contribution in [0.25, 0.3) is 22.3 Å². The first-order valence-electron chi connectivity index (χ1n) is 11.3. The van der Waals surface area contributed by atoms with Crippen molar-refractivity contribution in [3.63, 3.8) is 0 Å². The van der Waals surface area contributed by atoms with Gasteiger partial charge in [0.15, 0.2) is 5.43 Å². The van der Waals surface area contributed by atoms with Crippen molar-refractivity contribution in [1.82, 2.24) is 4.90 Å². The van der Waals surface area contributed by atoms with E-state index in [4.69, 9.17) is 23.4 Å². The van der Waals surface area contributed by atoms with E-state index in [1.54, 1.807) is 19.2 Å². The van der Waals surface area contributed by atoms with Gasteiger partial charge in [-0.15, -0.1) is 0 Å². The van der Waals surface area contributed by atoms with Crippen LogP contribution in [0.4, 0.5) is 0 Å². The Bertz CT molecular complexity index is 1190. The van der Waals surface area contributed by atoms with E-state index >= 15 is 0 Å². The van der Waals surface area contributed by atoms with Crippen LogP contribution in [0.15, 0.2) is 39.5 Å². The summed E-state index contributed by atoms with van der Waals surface area (Å²) in [5, 5.41) is 10.8. The normalized spacial score (nSPS) is 15.3. The molecule has 0 spiro atoms. The van der Waals surface area contributed by atoms with Crippen molar-refractivity contribution in [3.8, 4) is 28.6 Å². The van der Waals surface area contributed by atoms with Crippen LogP contribution in [0.3, 0.4) is 0 Å². The Morgan fingerprint density at radius 1 is 1.03 bits per heavy atom. The molecule has 0 bridgehead atoms. The lowest BCUT2D eigenvalue weighted by molar-refractivity contribution is 0.00454. The van der Waals surface area contributed by atoms with Gasteiger partial charge < -0.3 is 28.5 Å². The molecule has 1 N–H and O–H groups in total. The van der Waals surface area contributed by atoms with E-state index in [-0.39, 0.29) is 12.0 Å². The molecule has 2 aromatic carbocycles. The Kier molecular flexibility index (Phi) is 7.41. The van der Waals surface area contributed by atoms with Crippen LogP contribution in [0.1, 0.15) is 11.1 Å². The number of rotatable bonds is 8. The molecule has 0 unspecified atom stereocenters. The minimum Gasteiger partial charge on any atom is -0.496 e. The third-order valence-electron chi connectivity index (χ3n) is 5.96. The summed E-state index contributed by atoms with van der Waals surface area (Å²) in [4.78, 5) is 15.1. The number of benzene rings is 2. The summed E-state index contributed by atoms with van der Waals surface area (Å²) >= 11 is 0. The average molecular weight is 470 g/mol. The van der Waals surface area contributed by atoms with Gasteiger partial charge >= 0.3 is 0 Å². The highest BCUT2D eigenvalue weighted by Crippen LogP contribution is 2.34. The quantitative estimate of drug-likeness (QED) is 0.538. The maximum absolute atomic E-state index is 12.9. The van der Waals surface area contributed by atoms with E-state index in [0.717, 1.165) is 35.5 Å². The summed E-state index contributed by atoms with van der Waals surface area (Å²) in [6, 6.07) is 8.64. The molecule has 1 saturated heterocycles. The van der Waals surface area contributed by atoms with E-state index in [9.17, 15) is 9.90 Å². The fraction of sp³-hybridized carbons (Fsp3) is 0.423. The first-order valence-corrected chi connectivity index (χ1v) is 11.3. The Hall–Kier alpha value is -3.07. The van der Waals surface area contributed by atoms with E-state index < -0.39 is 6.10 Å². The van der Waals surface area contributed by atoms with Crippen molar-refractivity contribution >= 4 is 11.0 Å². The van der Waals surface area contributed by atoms with Gasteiger partial charge in [-0.25, -0.2) is 0 Å². The summed E-state index contributed by atoms with van der Waals surface area (Å²) in [6.07, 6.45) is -0.597. The molecular formula is C26H31NO7. The fourth-order valence-electron chi connectivity index (χ4n) is 4.28. The van der Waals surface area contributed by atoms with Crippen LogP contribution in [-0.2, 0) is 4.74 Å². The Balaban J connectivity index is 1.57. The summed E-state index contributed by atoms with van der Waals surface area (Å²) in [5.41, 5.74) is 2.73. The highest BCUT2D eigenvalue weighted by Gasteiger charge is 2.18. The van der Waals surface area contributed by atoms with Crippen molar-refractivity contribution in [2.45, 2.75) is 20.0 Å². The Morgan fingerprint density at radius 2 is 1.74 bits per heavy atom. The molecule has 0 saturated carbocycles. The summed E-state index contributed by atoms with van der Waals surface area (Å²) in [6.45, 7) is 7.64. The maximum atomic E-state index is 12.9. The zero-order valence-corrected chi connectivity index (χ0v) is 20.1. The SMILES string of the molecule is COc1cc(OC)c2c(=O)cc(-c3cc(C)c(OC[C@H](O)CN4CCOCC4)c(C)c3)oc2c1. The van der Waals surface area contributed by atoms with Crippen molar-refractivity contribution in [2.24, 2.45) is 0 Å². The second-order valence-corrected chi connectivity index (χ2v) is 8.49. The van der Waals surface area contributed by atoms with Crippen molar-refractivity contribution in [2.75, 3.05) is 53.7 Å². The van der Waals surface area contributed by atoms with E-state index in [1.165, 1.54) is 13.2 Å². The minimum absolute atomic E-state index is 0.197. The van der Waals surface area contributed by atoms with Gasteiger partial charge in [-0.1, -0.05) is 0 Å². The van der Waals surface area contributed by atoms with Crippen LogP contribution in [0.5, 0.6) is 17.2 Å². The summed E-state index contributed by atoms with van der Waals surface area (Å²) in [5.74, 6) is 2.10. The molecule has 2 heterocycles. The molecule has 3 aromatic rings. The number of aryl methyl sites for hydroxylation is 2. The molecule has 1 aromatic heterocycles. The van der Waals surface area contributed by atoms with Gasteiger partial charge in [0.25, 0.3) is 0 Å². The number of β-amino-alcohol motifs (C(OH)–C–C–N with tert-alkyl or cyclic N) is 1. The third kappa shape index (κ3) is 5.19. The van der Waals surface area contributed by atoms with Gasteiger partial charge in [0.1, 0.15) is 46.7 Å². The van der Waals surface area contributed by atoms with Crippen LogP contribution in [0.2, 0.25) is 0 Å². The average Bonchev–Trinajstić information content (AvgIpc) is 2.83. The number of hydrogen-bond acceptors (Lipinski definition) is 8. The number of aliphatic hydroxyl groups excluding tert-OH is 1. The van der Waals surface area contributed by atoms with Crippen molar-refractivity contribution in [3.05, 3.63) is 51.7 Å². The maximum Gasteiger partial charge on any atom is 0.197 e. The minimum atomic E-state index is -0.597. The second-order valence-electron chi connectivity index (χ2n) is 8.49. The molecule has 0 amide bonds. The molecule has 34 heavy (non-hydrogen) atoms. The second kappa shape index (κ2) is 10.5. The molecule has 4 rings (SSSR count). The van der Waals surface area contributed by atoms with Crippen LogP contribution in [0, 0.1) is 13.8 Å². The number of fused-ring (bicyclic) bond motifs is 1. The van der Waals surface area contributed by atoms with Gasteiger partial charge in [-0.05, 0) is 37.1 Å². The number of nitrogens with zero attached hydrogens (tertiary/aromatic N) is 1. The lowest BCUT2D eigenvalue weighted by atomic mass is 10.0. The van der Waals surface area contributed by atoms with Crippen LogP contribution >= 0.6 is 0 Å². The van der Waals surface area contributed by atoms with E-state index in [2.05, 4.69) is 4.90 Å². The number of ether oxygens (including phenoxy) is 4. The monoisotopic (exact) mass is 469 g/mol. The Morgan fingerprint density at radius 3 is 2.38 bits per heavy atom. The van der Waals surface area contributed by atoms with Gasteiger partial charge in [-0.3, -0.25) is 9.69 Å². The highest BCUT2D eigenvalue weighted by molar-refractivity contribution is 5.86. The third-order valence-corrected chi connectivity index (χ3v) is 5.96. The van der Waals surface area contributed by atoms with E-state index in [0.29, 0.717) is 48.0 Å². The summed E-state index contributed by atoms with van der Waals surface area (Å²) < 4.78 is 28.1. The lowest BCUT2D eigenvalue weighted by Crippen LogP contribution is -2.42. The zero-order valence-electron chi connectivity index (χ0n) is 20.1. The molecule has 1 aliphatic rings. The molecule has 8 heteroatoms. The number of morpholine rings is 1. The molecule has 0 aliphatic carbocycles. The smallest absolute Gasteiger partial charge is 0.197 e. The first-order chi connectivity index (χ1) is 16.4. The highest BCUT2D eigenvalue weighted by atomic mass is 16.5. The number of aliphatic hydroxyl groups is 1. The fourth-order valence-corrected chi connectivity index (χ4v) is 4.28. The van der Waals surface area contributed by atoms with E-state index in [1.807, 2.05) is 26.0 Å². The summed E-state index contributed by atoms with van der Waals surface area (Å²) in [7, 11) is 3.05. The lowest BCUT2D eigenvalue weighted by Gasteiger charge is -2.28. The van der Waals surface area contributed by atoms with Crippen LogP contribution in [-0.4, -0.2) is 69.8 Å². The molecule has 1 aliphatic heterocycles. The van der Waals surface area contributed by atoms with Crippen molar-refractivity contribution < 1.29 is 28.5 Å². The standard InChI is InChI=1S/C26H31NO7/c1-16-9-18(10-17(2)26(16)33-15-19(28)14-27-5-7-32-8-6-27)22-13-21(29)25-23(31-4)11-20(30-3)12-24(25)34-22/h9-13,19,28H,5-8,14-15H2,1-4H3/t19-/m1/s1. The zero-order chi connectivity index (χ0) is 24.2. The molecule has 1 fully saturated rings. The topological polar surface area (TPSA) is 90.6 Å². The molecule has 8 nitrogen and oxygen atoms in total. The van der Waals surface area contributed by atoms with Gasteiger partial charge in [0, 0.05) is 43.4 Å². The first kappa shape index (κ1) is 24.1. The number of methoxy groups -OCH3 is 2. The molecule has 1 atom stereocenters. The Labute approximate surface area is 198 Å². The van der Waals surface area contributed by atoms with Crippen molar-refractivity contribution in [1.29, 1.82) is 0 Å². The largest absolute Gasteiger partial charge is 0.496 e.